The summed E-state index contributed by atoms with van der Waals surface area (Å²) >= 11 is 0. The molecular weight excluding hydrogens is 109 g/mol. The Bertz CT molecular complexity index is 22.9. The zero-order valence-electron chi connectivity index (χ0n) is 5.18. The van der Waals surface area contributed by atoms with Crippen LogP contribution in [0.15, 0.2) is 0 Å². The molecule has 3 heteroatoms. The third-order valence-corrected chi connectivity index (χ3v) is 0. The Labute approximate surface area is 47.7 Å². The van der Waals surface area contributed by atoms with Crippen LogP contribution in [0.25, 0.3) is 0 Å². The molecule has 0 aromatic heterocycles. The summed E-state index contributed by atoms with van der Waals surface area (Å²) in [5.41, 5.74) is 0. The van der Waals surface area contributed by atoms with Gasteiger partial charge in [-0.2, -0.15) is 5.06 Å². The van der Waals surface area contributed by atoms with Crippen molar-refractivity contribution in [3.8, 4) is 0 Å². The lowest BCUT2D eigenvalue weighted by Gasteiger charge is -1.89. The van der Waals surface area contributed by atoms with Crippen molar-refractivity contribution in [2.45, 2.75) is 6.92 Å². The molecule has 1 unspecified atom stereocenters. The SMILES string of the molecule is CCP.CN(C)O. The van der Waals surface area contributed by atoms with Crippen LogP contribution in [0.5, 0.6) is 0 Å². The quantitative estimate of drug-likeness (QED) is 0.380. The smallest absolute Gasteiger partial charge is 0.0121 e. The summed E-state index contributed by atoms with van der Waals surface area (Å²) in [6, 6.07) is 0. The molecule has 7 heavy (non-hydrogen) atoms. The van der Waals surface area contributed by atoms with E-state index in [-0.39, 0.29) is 0 Å². The third kappa shape index (κ3) is 981. The van der Waals surface area contributed by atoms with Crippen LogP contribution in [-0.4, -0.2) is 30.5 Å². The summed E-state index contributed by atoms with van der Waals surface area (Å²) in [5, 5.41) is 8.89. The van der Waals surface area contributed by atoms with Crippen molar-refractivity contribution in [2.75, 3.05) is 20.3 Å². The molecule has 0 fully saturated rings. The molecule has 0 amide bonds. The van der Waals surface area contributed by atoms with Crippen LogP contribution >= 0.6 is 9.24 Å². The number of hydroxylamine groups is 2. The molecule has 0 aromatic rings. The summed E-state index contributed by atoms with van der Waals surface area (Å²) in [6.45, 7) is 2.09. The molecule has 0 aliphatic heterocycles. The maximum Gasteiger partial charge on any atom is 0.0121 e. The maximum absolute atomic E-state index is 7.89. The molecule has 46 valence electrons. The molecule has 1 atom stereocenters. The monoisotopic (exact) mass is 123 g/mol. The number of hydrogen-bond acceptors (Lipinski definition) is 2. The third-order valence-electron chi connectivity index (χ3n) is 0. The Hall–Kier alpha value is 0.350. The van der Waals surface area contributed by atoms with E-state index in [4.69, 9.17) is 5.21 Å². The fourth-order valence-corrected chi connectivity index (χ4v) is 0. The molecule has 0 rings (SSSR count). The van der Waals surface area contributed by atoms with Crippen molar-refractivity contribution in [3.63, 3.8) is 0 Å². The van der Waals surface area contributed by atoms with E-state index in [1.54, 1.807) is 14.1 Å². The van der Waals surface area contributed by atoms with Gasteiger partial charge in [0.25, 0.3) is 0 Å². The second kappa shape index (κ2) is 9.61. The lowest BCUT2D eigenvalue weighted by Crippen LogP contribution is -2.01. The molecule has 0 spiro atoms. The van der Waals surface area contributed by atoms with E-state index in [0.717, 1.165) is 5.06 Å². The minimum atomic E-state index is 1.00. The van der Waals surface area contributed by atoms with Crippen molar-refractivity contribution >= 4 is 9.24 Å². The Balaban J connectivity index is 0. The molecule has 0 saturated heterocycles. The number of nitrogens with zero attached hydrogens (tertiary/aromatic N) is 1. The van der Waals surface area contributed by atoms with E-state index < -0.39 is 0 Å². The van der Waals surface area contributed by atoms with Crippen molar-refractivity contribution < 1.29 is 5.21 Å². The molecule has 0 aliphatic rings. The fourth-order valence-electron chi connectivity index (χ4n) is 0. The van der Waals surface area contributed by atoms with Crippen LogP contribution < -0.4 is 0 Å². The zero-order valence-corrected chi connectivity index (χ0v) is 6.33. The predicted molar refractivity (Wildman–Crippen MR) is 35.7 cm³/mol. The van der Waals surface area contributed by atoms with E-state index in [0.29, 0.717) is 0 Å². The van der Waals surface area contributed by atoms with Crippen molar-refractivity contribution in [3.05, 3.63) is 0 Å². The first kappa shape index (κ1) is 10.4. The molecule has 0 aromatic carbocycles. The second-order valence-electron chi connectivity index (χ2n) is 1.26. The number of hydrogen-bond donors (Lipinski definition) is 1. The molecule has 0 saturated carbocycles. The Morgan fingerprint density at radius 1 is 1.57 bits per heavy atom. The highest BCUT2D eigenvalue weighted by atomic mass is 31.0. The van der Waals surface area contributed by atoms with Gasteiger partial charge in [-0.25, -0.2) is 0 Å². The van der Waals surface area contributed by atoms with Crippen molar-refractivity contribution in [1.82, 2.24) is 5.06 Å². The first-order chi connectivity index (χ1) is 3.15. The minimum absolute atomic E-state index is 1.00. The Kier molecular flexibility index (Phi) is 14.2. The highest BCUT2D eigenvalue weighted by molar-refractivity contribution is 7.16. The topological polar surface area (TPSA) is 23.5 Å². The summed E-state index contributed by atoms with van der Waals surface area (Å²) in [4.78, 5) is 0. The molecular formula is C4H14NOP. The minimum Gasteiger partial charge on any atom is -0.315 e. The summed E-state index contributed by atoms with van der Waals surface area (Å²) < 4.78 is 0. The van der Waals surface area contributed by atoms with E-state index in [1.165, 1.54) is 6.16 Å². The standard InChI is InChI=1S/C2H7NO.C2H7P/c1-3(2)4;1-2-3/h4H,1-2H3;2-3H2,1H3. The van der Waals surface area contributed by atoms with Gasteiger partial charge in [0.15, 0.2) is 0 Å². The van der Waals surface area contributed by atoms with E-state index >= 15 is 0 Å². The predicted octanol–water partition coefficient (Wildman–Crippen LogP) is 0.819. The van der Waals surface area contributed by atoms with Gasteiger partial charge in [-0.15, -0.1) is 9.24 Å². The van der Waals surface area contributed by atoms with Crippen LogP contribution in [0, 0.1) is 0 Å². The lowest BCUT2D eigenvalue weighted by molar-refractivity contribution is -0.0372. The molecule has 0 bridgehead atoms. The van der Waals surface area contributed by atoms with Crippen molar-refractivity contribution in [1.29, 1.82) is 0 Å². The van der Waals surface area contributed by atoms with Gasteiger partial charge in [0, 0.05) is 14.1 Å². The maximum atomic E-state index is 7.89. The summed E-state index contributed by atoms with van der Waals surface area (Å²) in [6.07, 6.45) is 1.17. The number of rotatable bonds is 0. The molecule has 2 nitrogen and oxygen atoms in total. The van der Waals surface area contributed by atoms with E-state index in [9.17, 15) is 0 Å². The van der Waals surface area contributed by atoms with Gasteiger partial charge in [0.2, 0.25) is 0 Å². The average Bonchev–Trinajstić information content (AvgIpc) is 1.33. The molecule has 1 N–H and O–H groups in total. The van der Waals surface area contributed by atoms with Gasteiger partial charge in [0.05, 0.1) is 0 Å². The van der Waals surface area contributed by atoms with Crippen LogP contribution in [0.2, 0.25) is 0 Å². The lowest BCUT2D eigenvalue weighted by atomic mass is 11.0. The summed E-state index contributed by atoms with van der Waals surface area (Å²) in [5.74, 6) is 0. The average molecular weight is 123 g/mol. The van der Waals surface area contributed by atoms with Crippen LogP contribution in [0.3, 0.4) is 0 Å². The van der Waals surface area contributed by atoms with Crippen molar-refractivity contribution in [2.24, 2.45) is 0 Å². The van der Waals surface area contributed by atoms with E-state index in [1.807, 2.05) is 0 Å². The van der Waals surface area contributed by atoms with Crippen LogP contribution in [0.4, 0.5) is 0 Å². The Morgan fingerprint density at radius 3 is 1.57 bits per heavy atom. The van der Waals surface area contributed by atoms with Gasteiger partial charge in [0.1, 0.15) is 0 Å². The van der Waals surface area contributed by atoms with Gasteiger partial charge in [-0.1, -0.05) is 6.92 Å². The first-order valence-corrected chi connectivity index (χ1v) is 3.03. The highest BCUT2D eigenvalue weighted by Gasteiger charge is 1.59. The van der Waals surface area contributed by atoms with Gasteiger partial charge in [-0.3, -0.25) is 0 Å². The fraction of sp³-hybridized carbons (Fsp3) is 1.00. The zero-order chi connectivity index (χ0) is 6.28. The highest BCUT2D eigenvalue weighted by Crippen LogP contribution is 1.68. The first-order valence-electron chi connectivity index (χ1n) is 2.21. The molecule has 0 heterocycles. The largest absolute Gasteiger partial charge is 0.315 e. The Morgan fingerprint density at radius 2 is 1.57 bits per heavy atom. The molecule has 0 aliphatic carbocycles. The van der Waals surface area contributed by atoms with Gasteiger partial charge >= 0.3 is 0 Å². The van der Waals surface area contributed by atoms with Crippen LogP contribution in [0.1, 0.15) is 6.92 Å². The second-order valence-corrected chi connectivity index (χ2v) is 2.07. The van der Waals surface area contributed by atoms with Gasteiger partial charge in [-0.05, 0) is 6.16 Å². The molecule has 0 radical (unpaired) electrons. The van der Waals surface area contributed by atoms with Crippen LogP contribution in [-0.2, 0) is 0 Å². The summed E-state index contributed by atoms with van der Waals surface area (Å²) in [7, 11) is 5.69. The van der Waals surface area contributed by atoms with Gasteiger partial charge < -0.3 is 5.21 Å². The normalized spacial score (nSPS) is 7.71. The van der Waals surface area contributed by atoms with E-state index in [2.05, 4.69) is 16.2 Å².